The van der Waals surface area contributed by atoms with E-state index in [-0.39, 0.29) is 16.9 Å². The summed E-state index contributed by atoms with van der Waals surface area (Å²) in [6.45, 7) is 2.11. The number of likely N-dealkylation sites (tertiary alicyclic amines) is 1. The highest BCUT2D eigenvalue weighted by Crippen LogP contribution is 2.37. The van der Waals surface area contributed by atoms with Gasteiger partial charge in [-0.05, 0) is 18.1 Å². The van der Waals surface area contributed by atoms with E-state index in [1.165, 1.54) is 12.8 Å². The monoisotopic (exact) mass is 287 g/mol. The Morgan fingerprint density at radius 2 is 1.86 bits per heavy atom. The van der Waals surface area contributed by atoms with Crippen LogP contribution in [0, 0.1) is 10.1 Å². The maximum atomic E-state index is 11.8. The summed E-state index contributed by atoms with van der Waals surface area (Å²) < 4.78 is 0.825. The minimum absolute atomic E-state index is 0.00135. The lowest BCUT2D eigenvalue weighted by atomic mass is 9.80. The minimum atomic E-state index is -0.513. The second-order valence-corrected chi connectivity index (χ2v) is 6.58. The fraction of sp³-hybridized carbons (Fsp3) is 0.529. The van der Waals surface area contributed by atoms with Crippen molar-refractivity contribution in [2.45, 2.75) is 37.3 Å². The summed E-state index contributed by atoms with van der Waals surface area (Å²) in [6.07, 6.45) is 7.40. The summed E-state index contributed by atoms with van der Waals surface area (Å²) >= 11 is 0. The number of likely N-dealkylation sites (N-methyl/N-ethyl adjacent to an activating group) is 1. The molecule has 3 rings (SSSR count). The molecular formula is C17H23N2O2+. The lowest BCUT2D eigenvalue weighted by molar-refractivity contribution is -0.928. The van der Waals surface area contributed by atoms with Gasteiger partial charge in [0.1, 0.15) is 0 Å². The molecule has 0 bridgehead atoms. The van der Waals surface area contributed by atoms with E-state index in [1.807, 2.05) is 30.3 Å². The Labute approximate surface area is 125 Å². The van der Waals surface area contributed by atoms with Crippen molar-refractivity contribution in [2.24, 2.45) is 0 Å². The van der Waals surface area contributed by atoms with Crippen molar-refractivity contribution in [3.05, 3.63) is 58.2 Å². The quantitative estimate of drug-likeness (QED) is 0.371. The molecule has 0 radical (unpaired) electrons. The molecule has 2 aliphatic rings. The molecule has 4 heteroatoms. The maximum Gasteiger partial charge on any atom is 0.274 e. The van der Waals surface area contributed by atoms with E-state index in [0.29, 0.717) is 0 Å². The summed E-state index contributed by atoms with van der Waals surface area (Å²) in [6, 6.07) is 9.47. The Balaban J connectivity index is 1.96. The van der Waals surface area contributed by atoms with Gasteiger partial charge in [-0.2, -0.15) is 0 Å². The van der Waals surface area contributed by atoms with Crippen LogP contribution in [0.5, 0.6) is 0 Å². The van der Waals surface area contributed by atoms with Crippen molar-refractivity contribution < 1.29 is 9.41 Å². The van der Waals surface area contributed by atoms with E-state index >= 15 is 0 Å². The van der Waals surface area contributed by atoms with Gasteiger partial charge in [0.15, 0.2) is 6.04 Å². The number of hydrogen-bond donors (Lipinski definition) is 0. The van der Waals surface area contributed by atoms with Crippen LogP contribution in [0.25, 0.3) is 0 Å². The zero-order valence-electron chi connectivity index (χ0n) is 12.5. The Hall–Kier alpha value is -1.68. The zero-order chi connectivity index (χ0) is 14.9. The highest BCUT2D eigenvalue weighted by atomic mass is 16.6. The second-order valence-electron chi connectivity index (χ2n) is 6.58. The van der Waals surface area contributed by atoms with Gasteiger partial charge in [0, 0.05) is 17.8 Å². The van der Waals surface area contributed by atoms with Gasteiger partial charge >= 0.3 is 0 Å². The Morgan fingerprint density at radius 1 is 1.19 bits per heavy atom. The van der Waals surface area contributed by atoms with Gasteiger partial charge < -0.3 is 4.48 Å². The third-order valence-electron chi connectivity index (χ3n) is 5.26. The van der Waals surface area contributed by atoms with Crippen LogP contribution in [0.3, 0.4) is 0 Å². The van der Waals surface area contributed by atoms with E-state index < -0.39 is 6.04 Å². The van der Waals surface area contributed by atoms with Gasteiger partial charge in [-0.3, -0.25) is 10.1 Å². The Morgan fingerprint density at radius 3 is 2.48 bits per heavy atom. The maximum absolute atomic E-state index is 11.8. The second kappa shape index (κ2) is 5.60. The molecule has 112 valence electrons. The molecule has 1 saturated heterocycles. The molecule has 0 N–H and O–H groups in total. The zero-order valence-corrected chi connectivity index (χ0v) is 12.5. The van der Waals surface area contributed by atoms with Crippen LogP contribution in [0.1, 0.15) is 30.7 Å². The first-order valence-electron chi connectivity index (χ1n) is 7.81. The summed E-state index contributed by atoms with van der Waals surface area (Å²) in [5.41, 5.74) is 1.10. The van der Waals surface area contributed by atoms with Crippen LogP contribution in [-0.4, -0.2) is 41.6 Å². The Bertz CT molecular complexity index is 535. The largest absolute Gasteiger partial charge is 0.315 e. The van der Waals surface area contributed by atoms with E-state index in [9.17, 15) is 10.1 Å². The van der Waals surface area contributed by atoms with Crippen molar-refractivity contribution in [1.82, 2.24) is 0 Å². The van der Waals surface area contributed by atoms with Gasteiger partial charge in [-0.25, -0.2) is 0 Å². The molecule has 0 unspecified atom stereocenters. The number of benzene rings is 1. The number of nitro groups is 1. The first-order valence-corrected chi connectivity index (χ1v) is 7.81. The first-order chi connectivity index (χ1) is 10.1. The summed E-state index contributed by atoms with van der Waals surface area (Å²) in [5, 5.41) is 11.8. The molecule has 21 heavy (non-hydrogen) atoms. The molecule has 0 amide bonds. The SMILES string of the molecule is C[N+]1([C@@H]2C=CC[C@@H](c3ccccc3)[C@@H]2[N+](=O)[O-])CCCC1. The number of allylic oxidation sites excluding steroid dienone is 1. The van der Waals surface area contributed by atoms with Crippen molar-refractivity contribution in [3.8, 4) is 0 Å². The van der Waals surface area contributed by atoms with Gasteiger partial charge in [0.25, 0.3) is 6.04 Å². The normalized spacial score (nSPS) is 31.2. The molecule has 1 aromatic carbocycles. The van der Waals surface area contributed by atoms with Crippen molar-refractivity contribution in [2.75, 3.05) is 20.1 Å². The predicted octanol–water partition coefficient (Wildman–Crippen LogP) is 2.98. The third-order valence-corrected chi connectivity index (χ3v) is 5.26. The molecule has 0 aromatic heterocycles. The molecule has 3 atom stereocenters. The van der Waals surface area contributed by atoms with E-state index in [4.69, 9.17) is 0 Å². The first kappa shape index (κ1) is 14.3. The molecule has 4 nitrogen and oxygen atoms in total. The number of hydrogen-bond acceptors (Lipinski definition) is 2. The summed E-state index contributed by atoms with van der Waals surface area (Å²) in [4.78, 5) is 11.8. The minimum Gasteiger partial charge on any atom is -0.315 e. The highest BCUT2D eigenvalue weighted by Gasteiger charge is 2.50. The molecule has 1 fully saturated rings. The fourth-order valence-corrected chi connectivity index (χ4v) is 4.09. The topological polar surface area (TPSA) is 43.1 Å². The van der Waals surface area contributed by atoms with Crippen molar-refractivity contribution >= 4 is 0 Å². The molecule has 0 spiro atoms. The third kappa shape index (κ3) is 2.60. The van der Waals surface area contributed by atoms with Crippen LogP contribution < -0.4 is 0 Å². The van der Waals surface area contributed by atoms with E-state index in [2.05, 4.69) is 19.2 Å². The molecule has 1 aliphatic heterocycles. The van der Waals surface area contributed by atoms with Crippen LogP contribution >= 0.6 is 0 Å². The number of rotatable bonds is 3. The standard InChI is InChI=1S/C17H23N2O2/c1-19(12-5-6-13-19)16-11-7-10-15(17(16)18(20)21)14-8-3-2-4-9-14/h2-4,7-9,11,15-17H,5-6,10,12-13H2,1H3/q+1/t15-,16+,17-/m0/s1. The molecule has 1 aromatic rings. The Kier molecular flexibility index (Phi) is 3.81. The van der Waals surface area contributed by atoms with Crippen LogP contribution in [0.15, 0.2) is 42.5 Å². The van der Waals surface area contributed by atoms with Crippen molar-refractivity contribution in [3.63, 3.8) is 0 Å². The van der Waals surface area contributed by atoms with Gasteiger partial charge in [0.05, 0.1) is 26.1 Å². The lowest BCUT2D eigenvalue weighted by Crippen LogP contribution is -2.58. The summed E-state index contributed by atoms with van der Waals surface area (Å²) in [7, 11) is 2.19. The smallest absolute Gasteiger partial charge is 0.274 e. The number of nitrogens with zero attached hydrogens (tertiary/aromatic N) is 2. The van der Waals surface area contributed by atoms with E-state index in [0.717, 1.165) is 29.6 Å². The summed E-state index contributed by atoms with van der Waals surface area (Å²) in [5.74, 6) is -0.00764. The van der Waals surface area contributed by atoms with Crippen LogP contribution in [0.4, 0.5) is 0 Å². The van der Waals surface area contributed by atoms with Crippen LogP contribution in [-0.2, 0) is 0 Å². The molecular weight excluding hydrogens is 264 g/mol. The molecule has 1 aliphatic carbocycles. The van der Waals surface area contributed by atoms with Gasteiger partial charge in [-0.1, -0.05) is 36.4 Å². The molecule has 1 heterocycles. The number of quaternary nitrogens is 1. The average molecular weight is 287 g/mol. The fourth-order valence-electron chi connectivity index (χ4n) is 4.09. The van der Waals surface area contributed by atoms with Crippen molar-refractivity contribution in [1.29, 1.82) is 0 Å². The van der Waals surface area contributed by atoms with Crippen LogP contribution in [0.2, 0.25) is 0 Å². The highest BCUT2D eigenvalue weighted by molar-refractivity contribution is 5.25. The average Bonchev–Trinajstić information content (AvgIpc) is 2.95. The predicted molar refractivity (Wildman–Crippen MR) is 82.7 cm³/mol. The van der Waals surface area contributed by atoms with Gasteiger partial charge in [-0.15, -0.1) is 0 Å². The van der Waals surface area contributed by atoms with E-state index in [1.54, 1.807) is 0 Å². The van der Waals surface area contributed by atoms with Gasteiger partial charge in [0.2, 0.25) is 0 Å². The lowest BCUT2D eigenvalue weighted by Gasteiger charge is -2.40. The molecule has 0 saturated carbocycles.